The maximum absolute atomic E-state index is 12.8. The Bertz CT molecular complexity index is 1030. The number of furan rings is 1. The van der Waals surface area contributed by atoms with E-state index in [9.17, 15) is 9.59 Å². The molecule has 1 aliphatic heterocycles. The van der Waals surface area contributed by atoms with E-state index < -0.39 is 0 Å². The molecule has 0 unspecified atom stereocenters. The number of aromatic amines is 1. The topological polar surface area (TPSA) is 95.3 Å². The molecule has 30 heavy (non-hydrogen) atoms. The van der Waals surface area contributed by atoms with Crippen LogP contribution in [0.5, 0.6) is 0 Å². The maximum atomic E-state index is 12.8. The van der Waals surface area contributed by atoms with E-state index in [0.717, 1.165) is 10.0 Å². The molecule has 0 spiro atoms. The second-order valence-electron chi connectivity index (χ2n) is 6.80. The fourth-order valence-electron chi connectivity index (χ4n) is 3.22. The highest BCUT2D eigenvalue weighted by Crippen LogP contribution is 2.28. The van der Waals surface area contributed by atoms with Crippen molar-refractivity contribution in [1.29, 1.82) is 0 Å². The number of piperazine rings is 1. The average molecular weight is 490 g/mol. The number of benzene rings is 1. The summed E-state index contributed by atoms with van der Waals surface area (Å²) >= 11 is 4.82. The third kappa shape index (κ3) is 4.44. The summed E-state index contributed by atoms with van der Waals surface area (Å²) in [6.45, 7) is 3.80. The van der Waals surface area contributed by atoms with E-state index in [1.165, 1.54) is 18.0 Å². The van der Waals surface area contributed by atoms with Crippen LogP contribution in [0.2, 0.25) is 0 Å². The summed E-state index contributed by atoms with van der Waals surface area (Å²) in [5, 5.41) is 7.35. The Morgan fingerprint density at radius 2 is 1.87 bits per heavy atom. The number of thioether (sulfide) groups is 1. The van der Waals surface area contributed by atoms with Gasteiger partial charge >= 0.3 is 0 Å². The summed E-state index contributed by atoms with van der Waals surface area (Å²) in [5.74, 6) is 0.839. The van der Waals surface area contributed by atoms with E-state index in [0.29, 0.717) is 42.9 Å². The molecule has 1 atom stereocenters. The predicted molar refractivity (Wildman–Crippen MR) is 116 cm³/mol. The molecule has 1 saturated heterocycles. The van der Waals surface area contributed by atoms with E-state index in [1.807, 2.05) is 31.2 Å². The molecule has 2 amide bonds. The number of carbonyl (C=O) groups excluding carboxylic acids is 2. The first-order valence-electron chi connectivity index (χ1n) is 9.48. The largest absolute Gasteiger partial charge is 0.459 e. The quantitative estimate of drug-likeness (QED) is 0.552. The number of H-pyrrole nitrogens is 1. The van der Waals surface area contributed by atoms with Crippen LogP contribution in [0.3, 0.4) is 0 Å². The SMILES string of the molecule is C[C@H](Sc1n[nH]c(-c2ccccc2Br)n1)C(=O)N1CCN(C(=O)c2ccco2)CC1. The van der Waals surface area contributed by atoms with E-state index in [1.54, 1.807) is 21.9 Å². The van der Waals surface area contributed by atoms with Gasteiger partial charge in [0, 0.05) is 36.2 Å². The van der Waals surface area contributed by atoms with Gasteiger partial charge in [0.05, 0.1) is 11.5 Å². The third-order valence-corrected chi connectivity index (χ3v) is 6.47. The lowest BCUT2D eigenvalue weighted by molar-refractivity contribution is -0.131. The van der Waals surface area contributed by atoms with Gasteiger partial charge in [-0.3, -0.25) is 14.7 Å². The van der Waals surface area contributed by atoms with Crippen molar-refractivity contribution in [3.8, 4) is 11.4 Å². The summed E-state index contributed by atoms with van der Waals surface area (Å²) in [6, 6.07) is 11.1. The van der Waals surface area contributed by atoms with Crippen LogP contribution in [0.25, 0.3) is 11.4 Å². The van der Waals surface area contributed by atoms with Crippen LogP contribution in [-0.4, -0.2) is 68.2 Å². The van der Waals surface area contributed by atoms with Crippen LogP contribution < -0.4 is 0 Å². The van der Waals surface area contributed by atoms with Crippen molar-refractivity contribution in [3.63, 3.8) is 0 Å². The van der Waals surface area contributed by atoms with Crippen LogP contribution in [0.1, 0.15) is 17.5 Å². The summed E-state index contributed by atoms with van der Waals surface area (Å²) < 4.78 is 6.09. The molecule has 3 aromatic rings. The van der Waals surface area contributed by atoms with Crippen molar-refractivity contribution in [1.82, 2.24) is 25.0 Å². The maximum Gasteiger partial charge on any atom is 0.289 e. The molecule has 0 saturated carbocycles. The molecule has 156 valence electrons. The highest BCUT2D eigenvalue weighted by molar-refractivity contribution is 9.10. The van der Waals surface area contributed by atoms with Gasteiger partial charge in [-0.2, -0.15) is 0 Å². The van der Waals surface area contributed by atoms with Gasteiger partial charge in [-0.1, -0.05) is 45.9 Å². The number of halogens is 1. The van der Waals surface area contributed by atoms with Gasteiger partial charge in [0.25, 0.3) is 5.91 Å². The molecular formula is C20H20BrN5O3S. The molecule has 1 aliphatic rings. The second-order valence-corrected chi connectivity index (χ2v) is 8.96. The monoisotopic (exact) mass is 489 g/mol. The summed E-state index contributed by atoms with van der Waals surface area (Å²) in [5.41, 5.74) is 0.910. The molecule has 1 N–H and O–H groups in total. The van der Waals surface area contributed by atoms with E-state index >= 15 is 0 Å². The van der Waals surface area contributed by atoms with Gasteiger partial charge in [-0.15, -0.1) is 5.10 Å². The number of nitrogens with one attached hydrogen (secondary N) is 1. The molecule has 0 bridgehead atoms. The number of hydrogen-bond acceptors (Lipinski definition) is 6. The first-order valence-corrected chi connectivity index (χ1v) is 11.2. The third-order valence-electron chi connectivity index (χ3n) is 4.83. The van der Waals surface area contributed by atoms with Gasteiger partial charge in [0.1, 0.15) is 0 Å². The molecule has 10 heteroatoms. The van der Waals surface area contributed by atoms with Gasteiger partial charge in [0.15, 0.2) is 11.6 Å². The Labute approximate surface area is 186 Å². The van der Waals surface area contributed by atoms with Crippen molar-refractivity contribution in [2.45, 2.75) is 17.3 Å². The van der Waals surface area contributed by atoms with Crippen molar-refractivity contribution in [3.05, 3.63) is 52.9 Å². The van der Waals surface area contributed by atoms with Crippen molar-refractivity contribution in [2.75, 3.05) is 26.2 Å². The number of hydrogen-bond donors (Lipinski definition) is 1. The fraction of sp³-hybridized carbons (Fsp3) is 0.300. The number of rotatable bonds is 5. The van der Waals surface area contributed by atoms with Gasteiger partial charge in [-0.25, -0.2) is 4.98 Å². The summed E-state index contributed by atoms with van der Waals surface area (Å²) in [6.07, 6.45) is 1.48. The zero-order valence-corrected chi connectivity index (χ0v) is 18.6. The molecule has 8 nitrogen and oxygen atoms in total. The number of carbonyl (C=O) groups is 2. The smallest absolute Gasteiger partial charge is 0.289 e. The summed E-state index contributed by atoms with van der Waals surface area (Å²) in [7, 11) is 0. The lowest BCUT2D eigenvalue weighted by Crippen LogP contribution is -2.52. The number of amides is 2. The molecule has 1 aromatic carbocycles. The zero-order valence-electron chi connectivity index (χ0n) is 16.2. The molecule has 3 heterocycles. The van der Waals surface area contributed by atoms with Crippen LogP contribution in [0, 0.1) is 0 Å². The second kappa shape index (κ2) is 9.05. The highest BCUT2D eigenvalue weighted by Gasteiger charge is 2.29. The molecule has 4 rings (SSSR count). The lowest BCUT2D eigenvalue weighted by Gasteiger charge is -2.35. The Morgan fingerprint density at radius 1 is 1.13 bits per heavy atom. The van der Waals surface area contributed by atoms with Crippen molar-refractivity contribution in [2.24, 2.45) is 0 Å². The molecule has 0 radical (unpaired) electrons. The fourth-order valence-corrected chi connectivity index (χ4v) is 4.51. The molecular weight excluding hydrogens is 470 g/mol. The first kappa shape index (κ1) is 20.7. The van der Waals surface area contributed by atoms with Gasteiger partial charge in [-0.05, 0) is 25.1 Å². The number of aromatic nitrogens is 3. The zero-order chi connectivity index (χ0) is 21.1. The van der Waals surface area contributed by atoms with Gasteiger partial charge in [0.2, 0.25) is 11.1 Å². The highest BCUT2D eigenvalue weighted by atomic mass is 79.9. The lowest BCUT2D eigenvalue weighted by atomic mass is 10.2. The van der Waals surface area contributed by atoms with Gasteiger partial charge < -0.3 is 14.2 Å². The molecule has 2 aromatic heterocycles. The predicted octanol–water partition coefficient (Wildman–Crippen LogP) is 3.29. The Balaban J connectivity index is 1.33. The van der Waals surface area contributed by atoms with Crippen LogP contribution in [0.15, 0.2) is 56.7 Å². The number of nitrogens with zero attached hydrogens (tertiary/aromatic N) is 4. The van der Waals surface area contributed by atoms with E-state index in [4.69, 9.17) is 4.42 Å². The van der Waals surface area contributed by atoms with Crippen LogP contribution >= 0.6 is 27.7 Å². The molecule has 0 aliphatic carbocycles. The Hall–Kier alpha value is -2.59. The Morgan fingerprint density at radius 3 is 2.57 bits per heavy atom. The van der Waals surface area contributed by atoms with E-state index in [2.05, 4.69) is 31.1 Å². The normalized spacial score (nSPS) is 15.3. The average Bonchev–Trinajstić information content (AvgIpc) is 3.45. The minimum atomic E-state index is -0.333. The van der Waals surface area contributed by atoms with Crippen LogP contribution in [-0.2, 0) is 4.79 Å². The minimum absolute atomic E-state index is 0.0114. The van der Waals surface area contributed by atoms with Crippen molar-refractivity contribution < 1.29 is 14.0 Å². The van der Waals surface area contributed by atoms with Crippen LogP contribution in [0.4, 0.5) is 0 Å². The van der Waals surface area contributed by atoms with E-state index in [-0.39, 0.29) is 17.1 Å². The first-order chi connectivity index (χ1) is 14.5. The summed E-state index contributed by atoms with van der Waals surface area (Å²) in [4.78, 5) is 33.2. The Kier molecular flexibility index (Phi) is 6.24. The molecule has 1 fully saturated rings. The standard InChI is InChI=1S/C20H20BrN5O3S/c1-13(30-20-22-17(23-24-20)14-5-2-3-6-15(14)21)18(27)25-8-10-26(11-9-25)19(28)16-7-4-12-29-16/h2-7,12-13H,8-11H2,1H3,(H,22,23,24)/t13-/m0/s1. The minimum Gasteiger partial charge on any atom is -0.459 e. The van der Waals surface area contributed by atoms with Crippen molar-refractivity contribution >= 4 is 39.5 Å².